The smallest absolute Gasteiger partial charge is 0.253 e. The molecule has 96 valence electrons. The van der Waals surface area contributed by atoms with Gasteiger partial charge in [0.05, 0.1) is 28.1 Å². The number of amides is 1. The Morgan fingerprint density at radius 1 is 1.44 bits per heavy atom. The number of nitrogen functional groups attached to an aromatic ring is 1. The van der Waals surface area contributed by atoms with Gasteiger partial charge in [-0.2, -0.15) is 0 Å². The summed E-state index contributed by atoms with van der Waals surface area (Å²) in [5.41, 5.74) is 6.10. The van der Waals surface area contributed by atoms with Gasteiger partial charge in [-0.3, -0.25) is 4.79 Å². The average molecular weight is 287 g/mol. The van der Waals surface area contributed by atoms with Crippen molar-refractivity contribution in [2.24, 2.45) is 0 Å². The zero-order valence-electron chi connectivity index (χ0n) is 9.26. The molecule has 1 unspecified atom stereocenters. The first kappa shape index (κ1) is 12.9. The number of nitrogens with two attached hydrogens (primary N) is 1. The first-order valence-electron chi connectivity index (χ1n) is 5.15. The molecule has 5 nitrogen and oxygen atoms in total. The van der Waals surface area contributed by atoms with Gasteiger partial charge in [0.1, 0.15) is 0 Å². The lowest BCUT2D eigenvalue weighted by Crippen LogP contribution is -2.35. The lowest BCUT2D eigenvalue weighted by atomic mass is 10.1. The van der Waals surface area contributed by atoms with E-state index in [1.165, 1.54) is 12.1 Å². The van der Waals surface area contributed by atoms with Crippen molar-refractivity contribution in [1.29, 1.82) is 0 Å². The zero-order chi connectivity index (χ0) is 13.3. The molecule has 0 saturated heterocycles. The highest BCUT2D eigenvalue weighted by molar-refractivity contribution is 7.94. The van der Waals surface area contributed by atoms with E-state index in [1.807, 2.05) is 0 Å². The molecule has 3 N–H and O–H groups in total. The van der Waals surface area contributed by atoms with Crippen LogP contribution in [0.3, 0.4) is 0 Å². The number of halogens is 1. The number of nitrogens with one attached hydrogen (secondary N) is 1. The van der Waals surface area contributed by atoms with Crippen LogP contribution in [-0.2, 0) is 9.84 Å². The second-order valence-corrected chi connectivity index (χ2v) is 6.28. The van der Waals surface area contributed by atoms with Crippen LogP contribution in [0.25, 0.3) is 0 Å². The zero-order valence-corrected chi connectivity index (χ0v) is 10.8. The van der Waals surface area contributed by atoms with Crippen LogP contribution in [0.2, 0.25) is 5.02 Å². The van der Waals surface area contributed by atoms with E-state index in [2.05, 4.69) is 5.32 Å². The number of benzene rings is 1. The quantitative estimate of drug-likeness (QED) is 0.793. The van der Waals surface area contributed by atoms with Crippen molar-refractivity contribution in [3.63, 3.8) is 0 Å². The molecule has 1 aliphatic rings. The van der Waals surface area contributed by atoms with Crippen LogP contribution < -0.4 is 11.1 Å². The van der Waals surface area contributed by atoms with Crippen LogP contribution in [0, 0.1) is 0 Å². The molecule has 1 amide bonds. The Kier molecular flexibility index (Phi) is 3.32. The minimum atomic E-state index is -3.19. The predicted molar refractivity (Wildman–Crippen MR) is 70.0 cm³/mol. The maximum atomic E-state index is 11.9. The van der Waals surface area contributed by atoms with Crippen molar-refractivity contribution >= 4 is 33.0 Å². The Hall–Kier alpha value is -1.53. The van der Waals surface area contributed by atoms with Crippen LogP contribution in [-0.4, -0.2) is 26.1 Å². The van der Waals surface area contributed by atoms with E-state index in [-0.39, 0.29) is 22.0 Å². The van der Waals surface area contributed by atoms with Crippen LogP contribution in [0.1, 0.15) is 10.4 Å². The van der Waals surface area contributed by atoms with Crippen molar-refractivity contribution < 1.29 is 13.2 Å². The van der Waals surface area contributed by atoms with E-state index < -0.39 is 21.8 Å². The van der Waals surface area contributed by atoms with Crippen LogP contribution in [0.5, 0.6) is 0 Å². The van der Waals surface area contributed by atoms with Gasteiger partial charge < -0.3 is 11.1 Å². The molecule has 0 fully saturated rings. The molecule has 0 aliphatic carbocycles. The van der Waals surface area contributed by atoms with E-state index in [1.54, 1.807) is 12.1 Å². The summed E-state index contributed by atoms with van der Waals surface area (Å²) in [7, 11) is -3.19. The molecular formula is C11H11ClN2O3S. The first-order valence-corrected chi connectivity index (χ1v) is 7.24. The molecule has 1 aromatic carbocycles. The summed E-state index contributed by atoms with van der Waals surface area (Å²) in [6.45, 7) is 0. The van der Waals surface area contributed by atoms with E-state index in [0.717, 1.165) is 5.41 Å². The number of hydrogen-bond donors (Lipinski definition) is 2. The Morgan fingerprint density at radius 3 is 2.78 bits per heavy atom. The van der Waals surface area contributed by atoms with Crippen LogP contribution >= 0.6 is 11.6 Å². The Morgan fingerprint density at radius 2 is 2.17 bits per heavy atom. The second kappa shape index (κ2) is 4.62. The fourth-order valence-corrected chi connectivity index (χ4v) is 3.06. The van der Waals surface area contributed by atoms with Gasteiger partial charge in [-0.15, -0.1) is 0 Å². The molecule has 18 heavy (non-hydrogen) atoms. The predicted octanol–water partition coefficient (Wildman–Crippen LogP) is 0.963. The summed E-state index contributed by atoms with van der Waals surface area (Å²) in [5, 5.41) is 3.96. The fourth-order valence-electron chi connectivity index (χ4n) is 1.65. The lowest BCUT2D eigenvalue weighted by molar-refractivity contribution is 0.0948. The van der Waals surface area contributed by atoms with Gasteiger partial charge in [-0.05, 0) is 18.2 Å². The third kappa shape index (κ3) is 2.65. The molecule has 0 radical (unpaired) electrons. The average Bonchev–Trinajstić information content (AvgIpc) is 2.62. The molecule has 0 aromatic heterocycles. The van der Waals surface area contributed by atoms with Gasteiger partial charge in [0.15, 0.2) is 9.84 Å². The van der Waals surface area contributed by atoms with E-state index in [9.17, 15) is 13.2 Å². The summed E-state index contributed by atoms with van der Waals surface area (Å²) >= 11 is 5.80. The summed E-state index contributed by atoms with van der Waals surface area (Å²) < 4.78 is 22.4. The Balaban J connectivity index is 2.14. The highest BCUT2D eigenvalue weighted by Crippen LogP contribution is 2.22. The van der Waals surface area contributed by atoms with E-state index >= 15 is 0 Å². The SMILES string of the molecule is Nc1c(Cl)cccc1C(=O)NC1C=CS(=O)(=O)C1. The van der Waals surface area contributed by atoms with E-state index in [4.69, 9.17) is 17.3 Å². The van der Waals surface area contributed by atoms with Crippen molar-refractivity contribution in [3.8, 4) is 0 Å². The van der Waals surface area contributed by atoms with Crippen LogP contribution in [0.15, 0.2) is 29.7 Å². The van der Waals surface area contributed by atoms with Gasteiger partial charge in [0, 0.05) is 5.41 Å². The highest BCUT2D eigenvalue weighted by Gasteiger charge is 2.24. The Labute approximate surface area is 110 Å². The third-order valence-electron chi connectivity index (χ3n) is 2.54. The second-order valence-electron chi connectivity index (χ2n) is 3.94. The number of carbonyl (C=O) groups is 1. The summed E-state index contributed by atoms with van der Waals surface area (Å²) in [6, 6.07) is 4.19. The molecule has 0 bridgehead atoms. The fraction of sp³-hybridized carbons (Fsp3) is 0.182. The van der Waals surface area contributed by atoms with Crippen LogP contribution in [0.4, 0.5) is 5.69 Å². The third-order valence-corrected chi connectivity index (χ3v) is 4.27. The largest absolute Gasteiger partial charge is 0.397 e. The molecule has 1 aromatic rings. The van der Waals surface area contributed by atoms with Gasteiger partial charge in [-0.1, -0.05) is 17.7 Å². The number of carbonyl (C=O) groups excluding carboxylic acids is 1. The van der Waals surface area contributed by atoms with E-state index in [0.29, 0.717) is 0 Å². The molecule has 1 atom stereocenters. The minimum absolute atomic E-state index is 0.126. The maximum Gasteiger partial charge on any atom is 0.253 e. The summed E-state index contributed by atoms with van der Waals surface area (Å²) in [4.78, 5) is 11.9. The number of rotatable bonds is 2. The molecule has 1 aliphatic heterocycles. The molecular weight excluding hydrogens is 276 g/mol. The van der Waals surface area contributed by atoms with Crippen molar-refractivity contribution in [3.05, 3.63) is 40.3 Å². The van der Waals surface area contributed by atoms with Gasteiger partial charge in [-0.25, -0.2) is 8.42 Å². The minimum Gasteiger partial charge on any atom is -0.397 e. The highest BCUT2D eigenvalue weighted by atomic mass is 35.5. The number of hydrogen-bond acceptors (Lipinski definition) is 4. The monoisotopic (exact) mass is 286 g/mol. The first-order chi connectivity index (χ1) is 8.39. The normalized spacial score (nSPS) is 20.8. The number of anilines is 1. The molecule has 1 heterocycles. The van der Waals surface area contributed by atoms with Crippen molar-refractivity contribution in [2.75, 3.05) is 11.5 Å². The van der Waals surface area contributed by atoms with Gasteiger partial charge in [0.25, 0.3) is 5.91 Å². The van der Waals surface area contributed by atoms with Crippen molar-refractivity contribution in [2.45, 2.75) is 6.04 Å². The van der Waals surface area contributed by atoms with Gasteiger partial charge in [0.2, 0.25) is 0 Å². The summed E-state index contributed by atoms with van der Waals surface area (Å²) in [5.74, 6) is -0.569. The summed E-state index contributed by atoms with van der Waals surface area (Å²) in [6.07, 6.45) is 1.44. The standard InChI is InChI=1S/C11H11ClN2O3S/c12-9-3-1-2-8(10(9)13)11(15)14-7-4-5-18(16,17)6-7/h1-5,7H,6,13H2,(H,14,15). The molecule has 0 spiro atoms. The molecule has 2 rings (SSSR count). The molecule has 7 heteroatoms. The number of para-hydroxylation sites is 1. The Bertz CT molecular complexity index is 625. The topological polar surface area (TPSA) is 89.3 Å². The number of sulfone groups is 1. The van der Waals surface area contributed by atoms with Crippen molar-refractivity contribution in [1.82, 2.24) is 5.32 Å². The lowest BCUT2D eigenvalue weighted by Gasteiger charge is -2.11. The maximum absolute atomic E-state index is 11.9. The molecule has 0 saturated carbocycles. The van der Waals surface area contributed by atoms with Gasteiger partial charge >= 0.3 is 0 Å².